The molecule has 6 unspecified atom stereocenters. The monoisotopic (exact) mass is 612 g/mol. The van der Waals surface area contributed by atoms with Crippen molar-refractivity contribution < 1.29 is 22.4 Å². The van der Waals surface area contributed by atoms with Gasteiger partial charge in [-0.3, -0.25) is 14.9 Å². The van der Waals surface area contributed by atoms with E-state index in [1.807, 2.05) is 21.5 Å². The molecule has 12 heteroatoms. The number of nitrogens with zero attached hydrogens (tertiary/aromatic N) is 4. The van der Waals surface area contributed by atoms with E-state index >= 15 is 0 Å². The maximum absolute atomic E-state index is 14.1. The number of aromatic nitrogens is 4. The molecule has 1 amide bonds. The minimum atomic E-state index is -4.59. The molecule has 0 radical (unpaired) electrons. The third-order valence-electron chi connectivity index (χ3n) is 10.00. The highest BCUT2D eigenvalue weighted by Crippen LogP contribution is 2.46. The predicted octanol–water partition coefficient (Wildman–Crippen LogP) is 6.18. The van der Waals surface area contributed by atoms with E-state index in [2.05, 4.69) is 10.4 Å². The molecule has 2 N–H and O–H groups in total. The summed E-state index contributed by atoms with van der Waals surface area (Å²) in [6.45, 7) is 2.55. The van der Waals surface area contributed by atoms with Crippen molar-refractivity contribution in [2.24, 2.45) is 23.7 Å². The molecule has 4 aliphatic carbocycles. The molecule has 232 valence electrons. The second-order valence-electron chi connectivity index (χ2n) is 13.1. The van der Waals surface area contributed by atoms with E-state index in [0.29, 0.717) is 69.2 Å². The number of nitrogens with one attached hydrogen (secondary N) is 2. The third-order valence-corrected chi connectivity index (χ3v) is 10.4. The van der Waals surface area contributed by atoms with Crippen molar-refractivity contribution in [3.63, 3.8) is 0 Å². The number of halogens is 5. The topological polar surface area (TPSA) is 80.6 Å². The van der Waals surface area contributed by atoms with Crippen molar-refractivity contribution in [1.82, 2.24) is 24.2 Å². The molecule has 6 rings (SSSR count). The summed E-state index contributed by atoms with van der Waals surface area (Å²) in [6.07, 6.45) is 6.72. The summed E-state index contributed by atoms with van der Waals surface area (Å²) < 4.78 is 61.6. The maximum atomic E-state index is 14.1. The number of carbonyl (C=O) groups excluding carboxylic acids is 1. The smallest absolute Gasteiger partial charge is 0.353 e. The number of aryl methyl sites for hydroxylation is 1. The average molecular weight is 613 g/mol. The van der Waals surface area contributed by atoms with Gasteiger partial charge in [0.25, 0.3) is 0 Å². The molecule has 4 fully saturated rings. The molecule has 2 aromatic rings. The first kappa shape index (κ1) is 29.8. The van der Waals surface area contributed by atoms with E-state index in [4.69, 9.17) is 17.0 Å². The summed E-state index contributed by atoms with van der Waals surface area (Å²) in [5.74, 6) is -0.704. The molecule has 0 aromatic carbocycles. The number of alkyl halides is 5. The number of imidazole rings is 1. The van der Waals surface area contributed by atoms with Crippen LogP contribution in [0.4, 0.5) is 17.6 Å². The number of hydrogen-bond donors (Lipinski definition) is 2. The van der Waals surface area contributed by atoms with Crippen molar-refractivity contribution in [2.45, 2.75) is 120 Å². The van der Waals surface area contributed by atoms with Crippen LogP contribution in [0.2, 0.25) is 0 Å². The predicted molar refractivity (Wildman–Crippen MR) is 150 cm³/mol. The molecule has 2 aromatic heterocycles. The van der Waals surface area contributed by atoms with Gasteiger partial charge >= 0.3 is 6.18 Å². The molecule has 0 spiro atoms. The van der Waals surface area contributed by atoms with Crippen molar-refractivity contribution >= 4 is 17.5 Å². The quantitative estimate of drug-likeness (QED) is 0.262. The van der Waals surface area contributed by atoms with Gasteiger partial charge in [0, 0.05) is 55.2 Å². The first-order valence-corrected chi connectivity index (χ1v) is 16.0. The number of hydrogen-bond acceptors (Lipinski definition) is 3. The van der Waals surface area contributed by atoms with E-state index in [0.717, 1.165) is 25.7 Å². The largest absolute Gasteiger partial charge is 0.435 e. The van der Waals surface area contributed by atoms with Gasteiger partial charge in [-0.1, -0.05) is 0 Å². The highest BCUT2D eigenvalue weighted by molar-refractivity contribution is 6.21. The van der Waals surface area contributed by atoms with Crippen molar-refractivity contribution in [1.29, 1.82) is 5.41 Å². The second kappa shape index (κ2) is 11.7. The maximum Gasteiger partial charge on any atom is 0.435 e. The van der Waals surface area contributed by atoms with Crippen LogP contribution in [0.15, 0.2) is 18.6 Å². The molecule has 0 aliphatic heterocycles. The van der Waals surface area contributed by atoms with Gasteiger partial charge in [0.05, 0.1) is 5.38 Å². The molecule has 42 heavy (non-hydrogen) atoms. The fraction of sp³-hybridized carbons (Fsp3) is 0.767. The summed E-state index contributed by atoms with van der Waals surface area (Å²) in [6, 6.07) is 0.269. The zero-order chi connectivity index (χ0) is 29.8. The molecule has 2 heterocycles. The summed E-state index contributed by atoms with van der Waals surface area (Å²) in [5.41, 5.74) is -0.318. The lowest BCUT2D eigenvalue weighted by atomic mass is 9.72. The second-order valence-corrected chi connectivity index (χ2v) is 13.7. The fourth-order valence-corrected chi connectivity index (χ4v) is 7.83. The standard InChI is InChI=1S/C30H41ClF4N6O/c1-2-40-16-23(27(38-40)30(33,34)35)20-11-17(15-39-9-10-41(29(39)36)22-6-7-22)12-21(13-20)28(42)37-26(18-3-4-18)19-5-8-25(32)24(31)14-19/h9-10,16-22,24-26,36H,2-8,11-15H2,1H3,(H,37,42)/t17?,19?,20?,21?,24?,25?,26-/m0/s1. The lowest BCUT2D eigenvalue weighted by Gasteiger charge is -2.38. The van der Waals surface area contributed by atoms with Crippen LogP contribution in [0.1, 0.15) is 94.3 Å². The molecule has 0 bridgehead atoms. The van der Waals surface area contributed by atoms with Gasteiger partial charge in [-0.15, -0.1) is 11.6 Å². The first-order valence-electron chi connectivity index (χ1n) is 15.6. The molecular formula is C30H41ClF4N6O. The normalized spacial score (nSPS) is 31.2. The van der Waals surface area contributed by atoms with E-state index in [1.165, 1.54) is 10.9 Å². The Balaban J connectivity index is 1.25. The SMILES string of the molecule is CCn1cc(C2CC(Cn3ccn(C4CC4)c3=N)CC(C(=O)N[C@@H](C3CC3)C3CCC(F)C(Cl)C3)C2)c(C(F)(F)F)n1. The third kappa shape index (κ3) is 6.31. The summed E-state index contributed by atoms with van der Waals surface area (Å²) in [7, 11) is 0. The Labute approximate surface area is 248 Å². The summed E-state index contributed by atoms with van der Waals surface area (Å²) >= 11 is 6.30. The van der Waals surface area contributed by atoms with Gasteiger partial charge in [0.15, 0.2) is 5.69 Å². The fourth-order valence-electron chi connectivity index (χ4n) is 7.48. The van der Waals surface area contributed by atoms with Gasteiger partial charge in [-0.2, -0.15) is 18.3 Å². The Hall–Kier alpha value is -2.30. The number of amides is 1. The van der Waals surface area contributed by atoms with Gasteiger partial charge in [-0.05, 0) is 94.8 Å². The van der Waals surface area contributed by atoms with Crippen molar-refractivity contribution in [3.8, 4) is 0 Å². The first-order chi connectivity index (χ1) is 20.0. The zero-order valence-electron chi connectivity index (χ0n) is 24.0. The van der Waals surface area contributed by atoms with Crippen LogP contribution in [-0.4, -0.2) is 42.4 Å². The van der Waals surface area contributed by atoms with Crippen LogP contribution < -0.4 is 10.9 Å². The molecular weight excluding hydrogens is 572 g/mol. The Morgan fingerprint density at radius 2 is 1.83 bits per heavy atom. The molecule has 7 atom stereocenters. The molecule has 4 aliphatic rings. The van der Waals surface area contributed by atoms with Crippen LogP contribution in [0.25, 0.3) is 0 Å². The van der Waals surface area contributed by atoms with Crippen LogP contribution in [0, 0.1) is 29.1 Å². The molecule has 0 saturated heterocycles. The Kier molecular flexibility index (Phi) is 8.26. The zero-order valence-corrected chi connectivity index (χ0v) is 24.8. The van der Waals surface area contributed by atoms with E-state index < -0.39 is 35.3 Å². The lowest BCUT2D eigenvalue weighted by molar-refractivity contribution is -0.142. The Morgan fingerprint density at radius 3 is 2.48 bits per heavy atom. The average Bonchev–Trinajstić information content (AvgIpc) is 3.89. The van der Waals surface area contributed by atoms with Crippen molar-refractivity contribution in [2.75, 3.05) is 0 Å². The molecule has 7 nitrogen and oxygen atoms in total. The minimum absolute atomic E-state index is 0.0803. The van der Waals surface area contributed by atoms with Gasteiger partial charge < -0.3 is 14.5 Å². The van der Waals surface area contributed by atoms with Gasteiger partial charge in [0.1, 0.15) is 6.17 Å². The van der Waals surface area contributed by atoms with Crippen LogP contribution in [0.3, 0.4) is 0 Å². The van der Waals surface area contributed by atoms with Crippen LogP contribution >= 0.6 is 11.6 Å². The Bertz CT molecular complexity index is 1330. The molecule has 4 saturated carbocycles. The van der Waals surface area contributed by atoms with Gasteiger partial charge in [-0.25, -0.2) is 4.39 Å². The van der Waals surface area contributed by atoms with Gasteiger partial charge in [0.2, 0.25) is 11.5 Å². The highest BCUT2D eigenvalue weighted by Gasteiger charge is 2.45. The number of carbonyl (C=O) groups is 1. The van der Waals surface area contributed by atoms with Crippen LogP contribution in [0.5, 0.6) is 0 Å². The van der Waals surface area contributed by atoms with Crippen LogP contribution in [-0.2, 0) is 24.1 Å². The highest BCUT2D eigenvalue weighted by atomic mass is 35.5. The minimum Gasteiger partial charge on any atom is -0.353 e. The van der Waals surface area contributed by atoms with E-state index in [1.54, 1.807) is 6.92 Å². The summed E-state index contributed by atoms with van der Waals surface area (Å²) in [5, 5.41) is 15.3. The van der Waals surface area contributed by atoms with E-state index in [-0.39, 0.29) is 29.3 Å². The van der Waals surface area contributed by atoms with Crippen molar-refractivity contribution in [3.05, 3.63) is 35.5 Å². The lowest BCUT2D eigenvalue weighted by Crippen LogP contribution is -2.48. The summed E-state index contributed by atoms with van der Waals surface area (Å²) in [4.78, 5) is 13.9. The van der Waals surface area contributed by atoms with E-state index in [9.17, 15) is 22.4 Å². The number of rotatable bonds is 9. The Morgan fingerprint density at radius 1 is 1.10 bits per heavy atom.